The molecule has 10 heavy (non-hydrogen) atoms. The maximum Gasteiger partial charge on any atom is 0.157 e. The van der Waals surface area contributed by atoms with Crippen LogP contribution in [0.1, 0.15) is 5.69 Å². The van der Waals surface area contributed by atoms with E-state index >= 15 is 0 Å². The van der Waals surface area contributed by atoms with Crippen LogP contribution in [0, 0.1) is 6.92 Å². The van der Waals surface area contributed by atoms with Gasteiger partial charge in [-0.1, -0.05) is 5.21 Å². The van der Waals surface area contributed by atoms with Gasteiger partial charge in [0.05, 0.1) is 18.1 Å². The Balaban J connectivity index is 2.93. The molecule has 0 aromatic carbocycles. The molecule has 0 aliphatic carbocycles. The molecule has 2 rings (SSSR count). The Kier molecular flexibility index (Phi) is 0.943. The first-order valence-electron chi connectivity index (χ1n) is 3.00. The molecule has 50 valence electrons. The van der Waals surface area contributed by atoms with E-state index in [4.69, 9.17) is 0 Å². The van der Waals surface area contributed by atoms with E-state index in [1.54, 1.807) is 16.9 Å². The van der Waals surface area contributed by atoms with Gasteiger partial charge in [0.1, 0.15) is 0 Å². The fraction of sp³-hybridized carbons (Fsp3) is 0.167. The second-order valence-corrected chi connectivity index (χ2v) is 2.09. The van der Waals surface area contributed by atoms with Gasteiger partial charge in [-0.3, -0.25) is 0 Å². The van der Waals surface area contributed by atoms with E-state index in [-0.39, 0.29) is 0 Å². The Bertz CT molecular complexity index is 351. The Morgan fingerprint density at radius 2 is 2.40 bits per heavy atom. The van der Waals surface area contributed by atoms with Crippen LogP contribution < -0.4 is 0 Å². The minimum absolute atomic E-state index is 0.840. The highest BCUT2D eigenvalue weighted by atomic mass is 15.4. The van der Waals surface area contributed by atoms with Gasteiger partial charge in [-0.2, -0.15) is 4.52 Å². The predicted molar refractivity (Wildman–Crippen MR) is 35.5 cm³/mol. The van der Waals surface area contributed by atoms with Gasteiger partial charge in [0.25, 0.3) is 0 Å². The summed E-state index contributed by atoms with van der Waals surface area (Å²) in [6.07, 6.45) is 3.39. The summed E-state index contributed by atoms with van der Waals surface area (Å²) in [5, 5.41) is 7.56. The summed E-state index contributed by atoms with van der Waals surface area (Å²) >= 11 is 0. The van der Waals surface area contributed by atoms with Gasteiger partial charge in [-0.05, 0) is 6.92 Å². The number of aryl methyl sites for hydroxylation is 1. The van der Waals surface area contributed by atoms with Crippen molar-refractivity contribution in [2.75, 3.05) is 0 Å². The summed E-state index contributed by atoms with van der Waals surface area (Å²) in [6, 6.07) is 1.82. The lowest BCUT2D eigenvalue weighted by atomic mass is 10.6. The third kappa shape index (κ3) is 0.586. The Hall–Kier alpha value is -1.45. The molecule has 0 radical (unpaired) electrons. The van der Waals surface area contributed by atoms with Crippen LogP contribution in [-0.4, -0.2) is 19.8 Å². The van der Waals surface area contributed by atoms with Crippen molar-refractivity contribution in [3.8, 4) is 0 Å². The number of aromatic nitrogens is 4. The average Bonchev–Trinajstić information content (AvgIpc) is 2.34. The van der Waals surface area contributed by atoms with Crippen molar-refractivity contribution < 1.29 is 0 Å². The summed E-state index contributed by atoms with van der Waals surface area (Å²) in [5.74, 6) is 0. The predicted octanol–water partition coefficient (Wildman–Crippen LogP) is 0.433. The van der Waals surface area contributed by atoms with Crippen molar-refractivity contribution in [3.63, 3.8) is 0 Å². The Labute approximate surface area is 57.5 Å². The van der Waals surface area contributed by atoms with E-state index in [0.29, 0.717) is 0 Å². The smallest absolute Gasteiger partial charge is 0.157 e. The second-order valence-electron chi connectivity index (χ2n) is 2.09. The van der Waals surface area contributed by atoms with E-state index in [1.807, 2.05) is 13.0 Å². The Morgan fingerprint density at radius 3 is 3.20 bits per heavy atom. The van der Waals surface area contributed by atoms with Crippen LogP contribution in [-0.2, 0) is 0 Å². The van der Waals surface area contributed by atoms with Crippen LogP contribution in [0.2, 0.25) is 0 Å². The van der Waals surface area contributed by atoms with Gasteiger partial charge in [-0.25, -0.2) is 4.98 Å². The van der Waals surface area contributed by atoms with E-state index < -0.39 is 0 Å². The topological polar surface area (TPSA) is 43.1 Å². The van der Waals surface area contributed by atoms with E-state index in [2.05, 4.69) is 15.3 Å². The molecule has 0 fully saturated rings. The van der Waals surface area contributed by atoms with Crippen molar-refractivity contribution in [3.05, 3.63) is 24.2 Å². The molecule has 0 saturated heterocycles. The maximum absolute atomic E-state index is 4.08. The molecule has 0 unspecified atom stereocenters. The third-order valence-corrected chi connectivity index (χ3v) is 1.37. The van der Waals surface area contributed by atoms with Crippen molar-refractivity contribution in [1.82, 2.24) is 19.8 Å². The van der Waals surface area contributed by atoms with Crippen molar-refractivity contribution in [2.24, 2.45) is 0 Å². The molecule has 0 aliphatic rings. The zero-order chi connectivity index (χ0) is 6.97. The number of hydrogen-bond acceptors (Lipinski definition) is 3. The fourth-order valence-corrected chi connectivity index (χ4v) is 0.861. The van der Waals surface area contributed by atoms with Crippen LogP contribution in [0.5, 0.6) is 0 Å². The molecule has 0 N–H and O–H groups in total. The number of imidazole rings is 1. The minimum Gasteiger partial charge on any atom is -0.235 e. The summed E-state index contributed by atoms with van der Waals surface area (Å²) in [6.45, 7) is 1.94. The van der Waals surface area contributed by atoms with Gasteiger partial charge < -0.3 is 0 Å². The first kappa shape index (κ1) is 5.34. The molecule has 2 aromatic heterocycles. The maximum atomic E-state index is 4.08. The van der Waals surface area contributed by atoms with Gasteiger partial charge in [-0.15, -0.1) is 5.10 Å². The molecule has 0 bridgehead atoms. The molecular formula is C6H6N4. The summed E-state index contributed by atoms with van der Waals surface area (Å²) in [4.78, 5) is 4.08. The molecule has 0 spiro atoms. The molecule has 0 saturated carbocycles. The van der Waals surface area contributed by atoms with Crippen LogP contribution in [0.15, 0.2) is 18.5 Å². The molecule has 0 aliphatic heterocycles. The number of hydrogen-bond donors (Lipinski definition) is 0. The summed E-state index contributed by atoms with van der Waals surface area (Å²) in [5.41, 5.74) is 1.84. The SMILES string of the molecule is Cc1cnc2ccnnn12. The highest BCUT2D eigenvalue weighted by Crippen LogP contribution is 1.98. The average molecular weight is 134 g/mol. The minimum atomic E-state index is 0.840. The van der Waals surface area contributed by atoms with Crippen molar-refractivity contribution >= 4 is 5.65 Å². The molecule has 4 heteroatoms. The lowest BCUT2D eigenvalue weighted by Gasteiger charge is -1.88. The largest absolute Gasteiger partial charge is 0.235 e. The van der Waals surface area contributed by atoms with E-state index in [9.17, 15) is 0 Å². The highest BCUT2D eigenvalue weighted by molar-refractivity contribution is 5.35. The fourth-order valence-electron chi connectivity index (χ4n) is 0.861. The van der Waals surface area contributed by atoms with Crippen molar-refractivity contribution in [1.29, 1.82) is 0 Å². The van der Waals surface area contributed by atoms with E-state index in [1.165, 1.54) is 0 Å². The zero-order valence-corrected chi connectivity index (χ0v) is 5.52. The Morgan fingerprint density at radius 1 is 1.50 bits per heavy atom. The normalized spacial score (nSPS) is 10.5. The lowest BCUT2D eigenvalue weighted by molar-refractivity contribution is 0.786. The van der Waals surface area contributed by atoms with Crippen molar-refractivity contribution in [2.45, 2.75) is 6.92 Å². The summed E-state index contributed by atoms with van der Waals surface area (Å²) < 4.78 is 1.69. The zero-order valence-electron chi connectivity index (χ0n) is 5.52. The van der Waals surface area contributed by atoms with Gasteiger partial charge in [0.2, 0.25) is 0 Å². The van der Waals surface area contributed by atoms with Crippen LogP contribution >= 0.6 is 0 Å². The quantitative estimate of drug-likeness (QED) is 0.524. The van der Waals surface area contributed by atoms with Gasteiger partial charge >= 0.3 is 0 Å². The number of nitrogens with zero attached hydrogens (tertiary/aromatic N) is 4. The molecular weight excluding hydrogens is 128 g/mol. The monoisotopic (exact) mass is 134 g/mol. The first-order chi connectivity index (χ1) is 4.88. The lowest BCUT2D eigenvalue weighted by Crippen LogP contribution is -1.94. The first-order valence-corrected chi connectivity index (χ1v) is 3.00. The molecule has 2 aromatic rings. The van der Waals surface area contributed by atoms with Crippen LogP contribution in [0.25, 0.3) is 5.65 Å². The standard InChI is InChI=1S/C6H6N4/c1-5-4-7-6-2-3-8-9-10(5)6/h2-4H,1H3. The highest BCUT2D eigenvalue weighted by Gasteiger charge is 1.95. The van der Waals surface area contributed by atoms with Crippen LogP contribution in [0.3, 0.4) is 0 Å². The van der Waals surface area contributed by atoms with Gasteiger partial charge in [0, 0.05) is 6.07 Å². The molecule has 0 amide bonds. The van der Waals surface area contributed by atoms with Crippen LogP contribution in [0.4, 0.5) is 0 Å². The third-order valence-electron chi connectivity index (χ3n) is 1.37. The summed E-state index contributed by atoms with van der Waals surface area (Å²) in [7, 11) is 0. The molecule has 0 atom stereocenters. The second kappa shape index (κ2) is 1.76. The molecule has 4 nitrogen and oxygen atoms in total. The van der Waals surface area contributed by atoms with E-state index in [0.717, 1.165) is 11.3 Å². The number of fused-ring (bicyclic) bond motifs is 1. The number of rotatable bonds is 0. The molecule has 2 heterocycles. The van der Waals surface area contributed by atoms with Gasteiger partial charge in [0.15, 0.2) is 5.65 Å².